The average Bonchev–Trinajstić information content (AvgIpc) is 2.58. The number of rotatable bonds is 5. The summed E-state index contributed by atoms with van der Waals surface area (Å²) in [7, 11) is 1.51. The van der Waals surface area contributed by atoms with Crippen molar-refractivity contribution < 1.29 is 9.53 Å². The molecule has 6 heteroatoms. The van der Waals surface area contributed by atoms with Crippen molar-refractivity contribution in [3.05, 3.63) is 64.3 Å². The topological polar surface area (TPSA) is 74.1 Å². The Hall–Kier alpha value is -2.97. The molecule has 0 spiro atoms. The van der Waals surface area contributed by atoms with Crippen LogP contribution >= 0.6 is 11.6 Å². The summed E-state index contributed by atoms with van der Waals surface area (Å²) in [6.07, 6.45) is 1.39. The Kier molecular flexibility index (Phi) is 6.04. The molecule has 0 unspecified atom stereocenters. The van der Waals surface area contributed by atoms with E-state index in [9.17, 15) is 10.1 Å². The molecule has 0 radical (unpaired) electrons. The van der Waals surface area contributed by atoms with Crippen LogP contribution in [0.1, 0.15) is 11.1 Å². The van der Waals surface area contributed by atoms with Crippen LogP contribution < -0.4 is 15.4 Å². The number of hydrogen-bond acceptors (Lipinski definition) is 4. The summed E-state index contributed by atoms with van der Waals surface area (Å²) < 4.78 is 5.06. The van der Waals surface area contributed by atoms with Crippen LogP contribution in [0.4, 0.5) is 11.4 Å². The molecule has 128 valence electrons. The second-order valence-electron chi connectivity index (χ2n) is 5.44. The Morgan fingerprint density at radius 3 is 2.64 bits per heavy atom. The maximum absolute atomic E-state index is 12.3. The van der Waals surface area contributed by atoms with Gasteiger partial charge in [0.2, 0.25) is 0 Å². The molecule has 2 aromatic rings. The summed E-state index contributed by atoms with van der Waals surface area (Å²) in [5, 5.41) is 15.3. The molecule has 0 aliphatic rings. The van der Waals surface area contributed by atoms with E-state index >= 15 is 0 Å². The van der Waals surface area contributed by atoms with Crippen LogP contribution in [0.3, 0.4) is 0 Å². The molecule has 0 atom stereocenters. The summed E-state index contributed by atoms with van der Waals surface area (Å²) in [4.78, 5) is 12.3. The fourth-order valence-corrected chi connectivity index (χ4v) is 2.39. The van der Waals surface area contributed by atoms with E-state index in [-0.39, 0.29) is 5.57 Å². The van der Waals surface area contributed by atoms with Crippen LogP contribution in [0.25, 0.3) is 0 Å². The average molecular weight is 356 g/mol. The minimum atomic E-state index is -0.526. The van der Waals surface area contributed by atoms with Crippen molar-refractivity contribution in [3.63, 3.8) is 0 Å². The van der Waals surface area contributed by atoms with Crippen molar-refractivity contribution in [1.29, 1.82) is 5.26 Å². The van der Waals surface area contributed by atoms with Crippen LogP contribution in [-0.4, -0.2) is 13.0 Å². The zero-order chi connectivity index (χ0) is 18.4. The number of carbonyl (C=O) groups is 1. The second-order valence-corrected chi connectivity index (χ2v) is 5.84. The molecule has 2 aromatic carbocycles. The van der Waals surface area contributed by atoms with E-state index in [2.05, 4.69) is 10.6 Å². The molecule has 0 aliphatic carbocycles. The van der Waals surface area contributed by atoms with Gasteiger partial charge in [0.15, 0.2) is 0 Å². The third-order valence-corrected chi connectivity index (χ3v) is 3.84. The molecule has 0 saturated carbocycles. The van der Waals surface area contributed by atoms with Gasteiger partial charge in [-0.3, -0.25) is 4.79 Å². The Morgan fingerprint density at radius 1 is 1.24 bits per heavy atom. The molecule has 0 aromatic heterocycles. The minimum Gasteiger partial charge on any atom is -0.495 e. The molecule has 0 heterocycles. The number of methoxy groups -OCH3 is 1. The SMILES string of the molecule is COc1ccc(NC(=O)/C(C#N)=C\Nc2cc(C)ccc2C)cc1Cl. The summed E-state index contributed by atoms with van der Waals surface area (Å²) in [6.45, 7) is 3.92. The lowest BCUT2D eigenvalue weighted by Gasteiger charge is -2.09. The van der Waals surface area contributed by atoms with Crippen LogP contribution in [0, 0.1) is 25.2 Å². The van der Waals surface area contributed by atoms with Crippen LogP contribution in [0.2, 0.25) is 5.02 Å². The summed E-state index contributed by atoms with van der Waals surface area (Å²) in [5.41, 5.74) is 3.36. The standard InChI is InChI=1S/C19H18ClN3O2/c1-12-4-5-13(2)17(8-12)22-11-14(10-21)19(24)23-15-6-7-18(25-3)16(20)9-15/h4-9,11,22H,1-3H3,(H,23,24)/b14-11-. The van der Waals surface area contributed by atoms with Crippen LogP contribution in [-0.2, 0) is 4.79 Å². The van der Waals surface area contributed by atoms with Gasteiger partial charge >= 0.3 is 0 Å². The molecule has 1 amide bonds. The third kappa shape index (κ3) is 4.75. The maximum atomic E-state index is 12.3. The second kappa shape index (κ2) is 8.22. The Morgan fingerprint density at radius 2 is 2.00 bits per heavy atom. The number of nitriles is 1. The fourth-order valence-electron chi connectivity index (χ4n) is 2.13. The monoisotopic (exact) mass is 355 g/mol. The predicted molar refractivity (Wildman–Crippen MR) is 99.9 cm³/mol. The van der Waals surface area contributed by atoms with Gasteiger partial charge < -0.3 is 15.4 Å². The Bertz CT molecular complexity index is 869. The number of carbonyl (C=O) groups excluding carboxylic acids is 1. The number of aryl methyl sites for hydroxylation is 2. The Labute approximate surface area is 151 Å². The number of anilines is 2. The molecule has 0 fully saturated rings. The van der Waals surface area contributed by atoms with Gasteiger partial charge in [-0.15, -0.1) is 0 Å². The quantitative estimate of drug-likeness (QED) is 0.615. The van der Waals surface area contributed by atoms with Crippen molar-refractivity contribution in [2.45, 2.75) is 13.8 Å². The van der Waals surface area contributed by atoms with Gasteiger partial charge in [0.05, 0.1) is 12.1 Å². The van der Waals surface area contributed by atoms with E-state index in [1.807, 2.05) is 38.1 Å². The molecule has 2 rings (SSSR count). The summed E-state index contributed by atoms with van der Waals surface area (Å²) >= 11 is 6.03. The van der Waals surface area contributed by atoms with E-state index in [1.165, 1.54) is 13.3 Å². The summed E-state index contributed by atoms with van der Waals surface area (Å²) in [6, 6.07) is 12.7. The highest BCUT2D eigenvalue weighted by Gasteiger charge is 2.11. The zero-order valence-corrected chi connectivity index (χ0v) is 14.9. The van der Waals surface area contributed by atoms with Gasteiger partial charge in [0, 0.05) is 17.6 Å². The lowest BCUT2D eigenvalue weighted by Crippen LogP contribution is -2.14. The smallest absolute Gasteiger partial charge is 0.267 e. The molecule has 0 bridgehead atoms. The van der Waals surface area contributed by atoms with E-state index < -0.39 is 5.91 Å². The normalized spacial score (nSPS) is 10.8. The molecular weight excluding hydrogens is 338 g/mol. The van der Waals surface area contributed by atoms with Crippen molar-refractivity contribution in [3.8, 4) is 11.8 Å². The van der Waals surface area contributed by atoms with Gasteiger partial charge in [-0.05, 0) is 49.2 Å². The third-order valence-electron chi connectivity index (χ3n) is 3.54. The zero-order valence-electron chi connectivity index (χ0n) is 14.2. The highest BCUT2D eigenvalue weighted by Crippen LogP contribution is 2.27. The number of amides is 1. The van der Waals surface area contributed by atoms with E-state index in [1.54, 1.807) is 18.2 Å². The van der Waals surface area contributed by atoms with Crippen LogP contribution in [0.5, 0.6) is 5.75 Å². The molecule has 5 nitrogen and oxygen atoms in total. The van der Waals surface area contributed by atoms with Crippen LogP contribution in [0.15, 0.2) is 48.2 Å². The van der Waals surface area contributed by atoms with Gasteiger partial charge in [-0.1, -0.05) is 23.7 Å². The highest BCUT2D eigenvalue weighted by molar-refractivity contribution is 6.32. The highest BCUT2D eigenvalue weighted by atomic mass is 35.5. The molecular formula is C19H18ClN3O2. The number of halogens is 1. The summed E-state index contributed by atoms with van der Waals surface area (Å²) in [5.74, 6) is -0.0196. The first kappa shape index (κ1) is 18.4. The largest absolute Gasteiger partial charge is 0.495 e. The molecule has 2 N–H and O–H groups in total. The van der Waals surface area contributed by atoms with Crippen molar-refractivity contribution in [1.82, 2.24) is 0 Å². The molecule has 25 heavy (non-hydrogen) atoms. The van der Waals surface area contributed by atoms with E-state index in [0.717, 1.165) is 16.8 Å². The van der Waals surface area contributed by atoms with Gasteiger partial charge in [-0.2, -0.15) is 5.26 Å². The van der Waals surface area contributed by atoms with Crippen molar-refractivity contribution >= 4 is 28.9 Å². The fraction of sp³-hybridized carbons (Fsp3) is 0.158. The van der Waals surface area contributed by atoms with Crippen molar-refractivity contribution in [2.24, 2.45) is 0 Å². The van der Waals surface area contributed by atoms with Gasteiger partial charge in [-0.25, -0.2) is 0 Å². The van der Waals surface area contributed by atoms with Gasteiger partial charge in [0.1, 0.15) is 17.4 Å². The lowest BCUT2D eigenvalue weighted by atomic mass is 10.1. The lowest BCUT2D eigenvalue weighted by molar-refractivity contribution is -0.112. The Balaban J connectivity index is 2.14. The first-order valence-corrected chi connectivity index (χ1v) is 7.91. The first-order valence-electron chi connectivity index (χ1n) is 7.53. The van der Waals surface area contributed by atoms with E-state index in [0.29, 0.717) is 16.5 Å². The minimum absolute atomic E-state index is 0.0483. The molecule has 0 saturated heterocycles. The van der Waals surface area contributed by atoms with Gasteiger partial charge in [0.25, 0.3) is 5.91 Å². The number of nitrogens with one attached hydrogen (secondary N) is 2. The number of ether oxygens (including phenoxy) is 1. The van der Waals surface area contributed by atoms with Crippen molar-refractivity contribution in [2.75, 3.05) is 17.7 Å². The number of nitrogens with zero attached hydrogens (tertiary/aromatic N) is 1. The number of benzene rings is 2. The maximum Gasteiger partial charge on any atom is 0.267 e. The first-order chi connectivity index (χ1) is 11.9. The number of hydrogen-bond donors (Lipinski definition) is 2. The predicted octanol–water partition coefficient (Wildman–Crippen LogP) is 4.42. The van der Waals surface area contributed by atoms with E-state index in [4.69, 9.17) is 16.3 Å². The molecule has 0 aliphatic heterocycles.